The lowest BCUT2D eigenvalue weighted by Gasteiger charge is -2.10. The maximum atomic E-state index is 3.52. The van der Waals surface area contributed by atoms with Crippen molar-refractivity contribution in [3.63, 3.8) is 0 Å². The minimum atomic E-state index is 0.998. The maximum absolute atomic E-state index is 3.52. The summed E-state index contributed by atoms with van der Waals surface area (Å²) in [5.41, 5.74) is 1.51. The third-order valence-corrected chi connectivity index (χ3v) is 4.44. The fourth-order valence-corrected chi connectivity index (χ4v) is 3.54. The van der Waals surface area contributed by atoms with Crippen LogP contribution in [0.2, 0.25) is 0 Å². The molecule has 0 spiro atoms. The summed E-state index contributed by atoms with van der Waals surface area (Å²) in [6.45, 7) is 2.57. The van der Waals surface area contributed by atoms with Crippen LogP contribution in [0.25, 0.3) is 0 Å². The zero-order valence-electron chi connectivity index (χ0n) is 9.86. The molecule has 16 heavy (non-hydrogen) atoms. The lowest BCUT2D eigenvalue weighted by atomic mass is 9.97. The van der Waals surface area contributed by atoms with Crippen molar-refractivity contribution >= 4 is 0 Å². The van der Waals surface area contributed by atoms with E-state index in [4.69, 9.17) is 0 Å². The van der Waals surface area contributed by atoms with Crippen molar-refractivity contribution in [1.29, 1.82) is 0 Å². The van der Waals surface area contributed by atoms with Crippen LogP contribution in [-0.2, 0) is 6.42 Å². The van der Waals surface area contributed by atoms with Gasteiger partial charge in [-0.05, 0) is 62.1 Å². The molecule has 1 aromatic rings. The van der Waals surface area contributed by atoms with Gasteiger partial charge in [0.1, 0.15) is 0 Å². The molecule has 0 unspecified atom stereocenters. The minimum absolute atomic E-state index is 0.998. The van der Waals surface area contributed by atoms with Crippen molar-refractivity contribution in [2.45, 2.75) is 25.7 Å². The number of hydrogen-bond acceptors (Lipinski definition) is 1. The normalized spacial score (nSPS) is 32.9. The Morgan fingerprint density at radius 3 is 2.38 bits per heavy atom. The van der Waals surface area contributed by atoms with Gasteiger partial charge in [-0.3, -0.25) is 0 Å². The van der Waals surface area contributed by atoms with Crippen molar-refractivity contribution in [2.75, 3.05) is 13.1 Å². The predicted molar refractivity (Wildman–Crippen MR) is 67.3 cm³/mol. The van der Waals surface area contributed by atoms with Crippen molar-refractivity contribution in [3.05, 3.63) is 35.9 Å². The van der Waals surface area contributed by atoms with Crippen LogP contribution in [-0.4, -0.2) is 13.1 Å². The lowest BCUT2D eigenvalue weighted by molar-refractivity contribution is 0.459. The van der Waals surface area contributed by atoms with Crippen LogP contribution >= 0.6 is 0 Å². The van der Waals surface area contributed by atoms with E-state index in [0.717, 1.165) is 17.8 Å². The maximum Gasteiger partial charge on any atom is -0.00172 e. The van der Waals surface area contributed by atoms with Gasteiger partial charge in [-0.2, -0.15) is 0 Å². The minimum Gasteiger partial charge on any atom is -0.316 e. The van der Waals surface area contributed by atoms with Gasteiger partial charge in [-0.25, -0.2) is 0 Å². The first kappa shape index (κ1) is 10.3. The molecule has 3 rings (SSSR count). The summed E-state index contributed by atoms with van der Waals surface area (Å²) < 4.78 is 0. The Kier molecular flexibility index (Phi) is 2.96. The Hall–Kier alpha value is -0.820. The average Bonchev–Trinajstić information content (AvgIpc) is 2.88. The molecule has 1 heterocycles. The quantitative estimate of drug-likeness (QED) is 0.817. The summed E-state index contributed by atoms with van der Waals surface area (Å²) in [7, 11) is 0. The van der Waals surface area contributed by atoms with Crippen molar-refractivity contribution in [2.24, 2.45) is 17.8 Å². The third-order valence-electron chi connectivity index (χ3n) is 4.44. The van der Waals surface area contributed by atoms with E-state index in [9.17, 15) is 0 Å². The van der Waals surface area contributed by atoms with Crippen molar-refractivity contribution in [1.82, 2.24) is 5.32 Å². The van der Waals surface area contributed by atoms with Crippen LogP contribution in [0.15, 0.2) is 30.3 Å². The van der Waals surface area contributed by atoms with E-state index in [-0.39, 0.29) is 0 Å². The molecule has 1 aliphatic carbocycles. The Balaban J connectivity index is 1.50. The number of rotatable bonds is 3. The van der Waals surface area contributed by atoms with Gasteiger partial charge in [0.15, 0.2) is 0 Å². The molecule has 1 saturated carbocycles. The molecule has 1 N–H and O–H groups in total. The number of nitrogens with one attached hydrogen (secondary N) is 1. The van der Waals surface area contributed by atoms with E-state index in [1.165, 1.54) is 44.3 Å². The van der Waals surface area contributed by atoms with Gasteiger partial charge in [0.25, 0.3) is 0 Å². The summed E-state index contributed by atoms with van der Waals surface area (Å²) in [4.78, 5) is 0. The number of fused-ring (bicyclic) bond motifs is 1. The molecular formula is C15H21N. The second-order valence-corrected chi connectivity index (χ2v) is 5.54. The first-order chi connectivity index (χ1) is 7.92. The Bertz CT molecular complexity index is 321. The highest BCUT2D eigenvalue weighted by atomic mass is 14.9. The van der Waals surface area contributed by atoms with E-state index in [2.05, 4.69) is 35.6 Å². The highest BCUT2D eigenvalue weighted by Gasteiger charge is 2.36. The summed E-state index contributed by atoms with van der Waals surface area (Å²) in [5.74, 6) is 3.00. The molecule has 1 aromatic carbocycles. The first-order valence-electron chi connectivity index (χ1n) is 6.66. The summed E-state index contributed by atoms with van der Waals surface area (Å²) >= 11 is 0. The predicted octanol–water partition coefficient (Wildman–Crippen LogP) is 2.86. The zero-order valence-corrected chi connectivity index (χ0v) is 9.86. The van der Waals surface area contributed by atoms with Crippen LogP contribution in [0.5, 0.6) is 0 Å². The van der Waals surface area contributed by atoms with Crippen molar-refractivity contribution in [3.8, 4) is 0 Å². The molecule has 86 valence electrons. The lowest BCUT2D eigenvalue weighted by Crippen LogP contribution is -2.12. The van der Waals surface area contributed by atoms with Gasteiger partial charge in [0, 0.05) is 0 Å². The van der Waals surface area contributed by atoms with Gasteiger partial charge in [0.2, 0.25) is 0 Å². The highest BCUT2D eigenvalue weighted by molar-refractivity contribution is 5.14. The topological polar surface area (TPSA) is 12.0 Å². The average molecular weight is 215 g/mol. The van der Waals surface area contributed by atoms with Gasteiger partial charge >= 0.3 is 0 Å². The van der Waals surface area contributed by atoms with E-state index in [0.29, 0.717) is 0 Å². The van der Waals surface area contributed by atoms with Gasteiger partial charge in [0.05, 0.1) is 0 Å². The molecule has 0 amide bonds. The van der Waals surface area contributed by atoms with Crippen LogP contribution in [0.4, 0.5) is 0 Å². The van der Waals surface area contributed by atoms with Crippen LogP contribution in [0.1, 0.15) is 24.8 Å². The molecular weight excluding hydrogens is 194 g/mol. The SMILES string of the molecule is c1ccc(CC[C@@H]2C[C@H]3CNC[C@H]3C2)cc1. The van der Waals surface area contributed by atoms with Gasteiger partial charge in [-0.15, -0.1) is 0 Å². The molecule has 2 aliphatic rings. The van der Waals surface area contributed by atoms with Crippen molar-refractivity contribution < 1.29 is 0 Å². The molecule has 3 atom stereocenters. The standard InChI is InChI=1S/C15H21N/c1-2-4-12(5-3-1)6-7-13-8-14-10-16-11-15(14)9-13/h1-5,13-16H,6-11H2/t13-,14+,15-. The Morgan fingerprint density at radius 1 is 1.00 bits per heavy atom. The number of aryl methyl sites for hydroxylation is 1. The highest BCUT2D eigenvalue weighted by Crippen LogP contribution is 2.40. The van der Waals surface area contributed by atoms with Crippen LogP contribution in [0.3, 0.4) is 0 Å². The molecule has 0 aromatic heterocycles. The van der Waals surface area contributed by atoms with E-state index >= 15 is 0 Å². The van der Waals surface area contributed by atoms with Crippen LogP contribution < -0.4 is 5.32 Å². The van der Waals surface area contributed by atoms with Gasteiger partial charge < -0.3 is 5.32 Å². The summed E-state index contributed by atoms with van der Waals surface area (Å²) in [6.07, 6.45) is 5.63. The van der Waals surface area contributed by atoms with Crippen LogP contribution in [0, 0.1) is 17.8 Å². The molecule has 1 nitrogen and oxygen atoms in total. The zero-order chi connectivity index (χ0) is 10.8. The molecule has 2 fully saturated rings. The molecule has 1 aliphatic heterocycles. The van der Waals surface area contributed by atoms with E-state index < -0.39 is 0 Å². The molecule has 1 saturated heterocycles. The van der Waals surface area contributed by atoms with E-state index in [1.807, 2.05) is 0 Å². The third kappa shape index (κ3) is 2.15. The summed E-state index contributed by atoms with van der Waals surface area (Å²) in [5, 5.41) is 3.52. The molecule has 0 radical (unpaired) electrons. The second-order valence-electron chi connectivity index (χ2n) is 5.54. The number of benzene rings is 1. The molecule has 1 heteroatoms. The van der Waals surface area contributed by atoms with Gasteiger partial charge in [-0.1, -0.05) is 30.3 Å². The largest absolute Gasteiger partial charge is 0.316 e. The number of hydrogen-bond donors (Lipinski definition) is 1. The second kappa shape index (κ2) is 4.58. The Labute approximate surface area is 98.3 Å². The van der Waals surface area contributed by atoms with E-state index in [1.54, 1.807) is 0 Å². The first-order valence-corrected chi connectivity index (χ1v) is 6.66. The molecule has 0 bridgehead atoms. The fraction of sp³-hybridized carbons (Fsp3) is 0.600. The fourth-order valence-electron chi connectivity index (χ4n) is 3.54. The monoisotopic (exact) mass is 215 g/mol. The Morgan fingerprint density at radius 2 is 1.69 bits per heavy atom. The smallest absolute Gasteiger partial charge is 0.00172 e. The summed E-state index contributed by atoms with van der Waals surface area (Å²) in [6, 6.07) is 10.9.